The van der Waals surface area contributed by atoms with E-state index in [0.717, 1.165) is 25.9 Å². The molecule has 1 saturated heterocycles. The summed E-state index contributed by atoms with van der Waals surface area (Å²) >= 11 is 5.80. The number of nitrogens with zero attached hydrogens (tertiary/aromatic N) is 1. The third-order valence-electron chi connectivity index (χ3n) is 3.35. The lowest BCUT2D eigenvalue weighted by atomic mass is 10.1. The van der Waals surface area contributed by atoms with Crippen LogP contribution in [0.25, 0.3) is 0 Å². The van der Waals surface area contributed by atoms with E-state index in [1.165, 1.54) is 0 Å². The van der Waals surface area contributed by atoms with Crippen molar-refractivity contribution in [2.75, 3.05) is 20.1 Å². The molecule has 1 aliphatic rings. The van der Waals surface area contributed by atoms with Crippen LogP contribution in [0.2, 0.25) is 0 Å². The first-order chi connectivity index (χ1) is 9.03. The standard InChI is InChI=1S/C13H19ClN2O2S/c1-16-8-4-6-12(10-16)15-19(17,18)13-7-3-2-5-11(13)9-14/h2-3,5,7,12,15H,4,6,8-10H2,1H3. The molecule has 19 heavy (non-hydrogen) atoms. The molecule has 0 bridgehead atoms. The average molecular weight is 303 g/mol. The first-order valence-corrected chi connectivity index (χ1v) is 8.39. The zero-order chi connectivity index (χ0) is 13.9. The van der Waals surface area contributed by atoms with Crippen LogP contribution in [-0.2, 0) is 15.9 Å². The lowest BCUT2D eigenvalue weighted by molar-refractivity contribution is 0.242. The largest absolute Gasteiger partial charge is 0.305 e. The molecule has 0 amide bonds. The zero-order valence-electron chi connectivity index (χ0n) is 11.0. The van der Waals surface area contributed by atoms with Gasteiger partial charge in [-0.15, -0.1) is 11.6 Å². The van der Waals surface area contributed by atoms with Gasteiger partial charge in [-0.2, -0.15) is 0 Å². The molecule has 6 heteroatoms. The Morgan fingerprint density at radius 3 is 2.84 bits per heavy atom. The third kappa shape index (κ3) is 3.69. The highest BCUT2D eigenvalue weighted by Crippen LogP contribution is 2.19. The van der Waals surface area contributed by atoms with Gasteiger partial charge in [0, 0.05) is 18.5 Å². The summed E-state index contributed by atoms with van der Waals surface area (Å²) in [7, 11) is -1.48. The number of rotatable bonds is 4. The number of nitrogens with one attached hydrogen (secondary N) is 1. The molecule has 1 unspecified atom stereocenters. The van der Waals surface area contributed by atoms with Crippen molar-refractivity contribution >= 4 is 21.6 Å². The zero-order valence-corrected chi connectivity index (χ0v) is 12.5. The van der Waals surface area contributed by atoms with Crippen molar-refractivity contribution in [3.8, 4) is 0 Å². The predicted octanol–water partition coefficient (Wildman–Crippen LogP) is 1.80. The predicted molar refractivity (Wildman–Crippen MR) is 76.8 cm³/mol. The molecule has 0 aromatic heterocycles. The summed E-state index contributed by atoms with van der Waals surface area (Å²) in [5.74, 6) is 0.196. The number of alkyl halides is 1. The van der Waals surface area contributed by atoms with Gasteiger partial charge in [0.1, 0.15) is 0 Å². The van der Waals surface area contributed by atoms with Gasteiger partial charge in [-0.25, -0.2) is 13.1 Å². The van der Waals surface area contributed by atoms with Crippen molar-refractivity contribution in [1.29, 1.82) is 0 Å². The van der Waals surface area contributed by atoms with E-state index in [-0.39, 0.29) is 11.9 Å². The van der Waals surface area contributed by atoms with Crippen LogP contribution < -0.4 is 4.72 Å². The fourth-order valence-corrected chi connectivity index (χ4v) is 4.24. The van der Waals surface area contributed by atoms with Crippen LogP contribution in [0.15, 0.2) is 29.2 Å². The lowest BCUT2D eigenvalue weighted by Crippen LogP contribution is -2.46. The number of hydrogen-bond donors (Lipinski definition) is 1. The highest BCUT2D eigenvalue weighted by atomic mass is 35.5. The van der Waals surface area contributed by atoms with Crippen LogP contribution in [0.5, 0.6) is 0 Å². The van der Waals surface area contributed by atoms with Crippen LogP contribution in [0.3, 0.4) is 0 Å². The Hall–Kier alpha value is -0.620. The van der Waals surface area contributed by atoms with Gasteiger partial charge in [0.15, 0.2) is 0 Å². The Balaban J connectivity index is 2.18. The highest BCUT2D eigenvalue weighted by Gasteiger charge is 2.25. The Bertz CT molecular complexity index is 533. The maximum Gasteiger partial charge on any atom is 0.241 e. The first-order valence-electron chi connectivity index (χ1n) is 6.37. The van der Waals surface area contributed by atoms with Gasteiger partial charge in [-0.05, 0) is 38.1 Å². The molecule has 1 fully saturated rings. The average Bonchev–Trinajstić information content (AvgIpc) is 2.38. The van der Waals surface area contributed by atoms with Crippen molar-refractivity contribution in [2.24, 2.45) is 0 Å². The van der Waals surface area contributed by atoms with Gasteiger partial charge in [-0.1, -0.05) is 18.2 Å². The normalized spacial score (nSPS) is 21.5. The number of sulfonamides is 1. The van der Waals surface area contributed by atoms with E-state index in [4.69, 9.17) is 11.6 Å². The van der Waals surface area contributed by atoms with Gasteiger partial charge in [-0.3, -0.25) is 0 Å². The summed E-state index contributed by atoms with van der Waals surface area (Å²) in [4.78, 5) is 2.43. The SMILES string of the molecule is CN1CCCC(NS(=O)(=O)c2ccccc2CCl)C1. The Labute approximate surface area is 119 Å². The second-order valence-corrected chi connectivity index (χ2v) is 6.91. The lowest BCUT2D eigenvalue weighted by Gasteiger charge is -2.30. The summed E-state index contributed by atoms with van der Waals surface area (Å²) < 4.78 is 27.6. The van der Waals surface area contributed by atoms with Crippen LogP contribution in [0, 0.1) is 0 Å². The molecule has 106 valence electrons. The van der Waals surface area contributed by atoms with Gasteiger partial charge in [0.05, 0.1) is 4.90 Å². The molecule has 0 aliphatic carbocycles. The monoisotopic (exact) mass is 302 g/mol. The molecule has 2 rings (SSSR count). The third-order valence-corrected chi connectivity index (χ3v) is 5.26. The minimum absolute atomic E-state index is 0.0212. The molecular weight excluding hydrogens is 284 g/mol. The Morgan fingerprint density at radius 1 is 1.42 bits per heavy atom. The number of likely N-dealkylation sites (N-methyl/N-ethyl adjacent to an activating group) is 1. The van der Waals surface area contributed by atoms with E-state index in [2.05, 4.69) is 9.62 Å². The van der Waals surface area contributed by atoms with Gasteiger partial charge < -0.3 is 4.90 Å². The van der Waals surface area contributed by atoms with Crippen molar-refractivity contribution in [3.63, 3.8) is 0 Å². The number of piperidine rings is 1. The van der Waals surface area contributed by atoms with E-state index in [1.807, 2.05) is 7.05 Å². The minimum Gasteiger partial charge on any atom is -0.305 e. The number of hydrogen-bond acceptors (Lipinski definition) is 3. The molecule has 0 radical (unpaired) electrons. The number of halogens is 1. The van der Waals surface area contributed by atoms with E-state index < -0.39 is 10.0 Å². The molecule has 4 nitrogen and oxygen atoms in total. The molecule has 1 N–H and O–H groups in total. The van der Waals surface area contributed by atoms with Crippen LogP contribution in [-0.4, -0.2) is 39.5 Å². The van der Waals surface area contributed by atoms with E-state index in [1.54, 1.807) is 24.3 Å². The molecule has 1 aromatic rings. The van der Waals surface area contributed by atoms with Crippen LogP contribution in [0.1, 0.15) is 18.4 Å². The summed E-state index contributed by atoms with van der Waals surface area (Å²) in [5.41, 5.74) is 0.640. The number of benzene rings is 1. The summed E-state index contributed by atoms with van der Waals surface area (Å²) in [5, 5.41) is 0. The van der Waals surface area contributed by atoms with E-state index >= 15 is 0 Å². The number of likely N-dealkylation sites (tertiary alicyclic amines) is 1. The minimum atomic E-state index is -3.49. The Morgan fingerprint density at radius 2 is 2.16 bits per heavy atom. The van der Waals surface area contributed by atoms with Crippen LogP contribution >= 0.6 is 11.6 Å². The molecule has 1 atom stereocenters. The highest BCUT2D eigenvalue weighted by molar-refractivity contribution is 7.89. The maximum absolute atomic E-state index is 12.4. The topological polar surface area (TPSA) is 49.4 Å². The Kier molecular flexibility index (Phi) is 4.84. The van der Waals surface area contributed by atoms with Crippen LogP contribution in [0.4, 0.5) is 0 Å². The van der Waals surface area contributed by atoms with Crippen molar-refractivity contribution in [2.45, 2.75) is 29.7 Å². The fourth-order valence-electron chi connectivity index (χ4n) is 2.42. The van der Waals surface area contributed by atoms with Crippen molar-refractivity contribution in [1.82, 2.24) is 9.62 Å². The molecule has 1 aliphatic heterocycles. The smallest absolute Gasteiger partial charge is 0.241 e. The second-order valence-electron chi connectivity index (χ2n) is 4.96. The molecule has 0 saturated carbocycles. The molecule has 1 aromatic carbocycles. The van der Waals surface area contributed by atoms with E-state index in [0.29, 0.717) is 10.5 Å². The quantitative estimate of drug-likeness (QED) is 0.863. The van der Waals surface area contributed by atoms with Gasteiger partial charge in [0.2, 0.25) is 10.0 Å². The van der Waals surface area contributed by atoms with Crippen molar-refractivity contribution < 1.29 is 8.42 Å². The first kappa shape index (κ1) is 14.8. The second kappa shape index (κ2) is 6.22. The maximum atomic E-state index is 12.4. The van der Waals surface area contributed by atoms with Crippen molar-refractivity contribution in [3.05, 3.63) is 29.8 Å². The van der Waals surface area contributed by atoms with Gasteiger partial charge in [0.25, 0.3) is 0 Å². The summed E-state index contributed by atoms with van der Waals surface area (Å²) in [6, 6.07) is 6.84. The summed E-state index contributed by atoms with van der Waals surface area (Å²) in [6.07, 6.45) is 1.90. The molecule has 0 spiro atoms. The summed E-state index contributed by atoms with van der Waals surface area (Å²) in [6.45, 7) is 1.78. The fraction of sp³-hybridized carbons (Fsp3) is 0.538. The molecular formula is C13H19ClN2O2S. The van der Waals surface area contributed by atoms with E-state index in [9.17, 15) is 8.42 Å². The molecule has 1 heterocycles. The van der Waals surface area contributed by atoms with Gasteiger partial charge >= 0.3 is 0 Å².